The lowest BCUT2D eigenvalue weighted by Gasteiger charge is -2.35. The molecule has 0 atom stereocenters. The van der Waals surface area contributed by atoms with Crippen LogP contribution < -0.4 is 4.90 Å². The lowest BCUT2D eigenvalue weighted by atomic mass is 9.95. The number of anilines is 1. The van der Waals surface area contributed by atoms with Gasteiger partial charge in [-0.2, -0.15) is 31.6 Å². The average molecular weight is 322 g/mol. The first-order valence-electron chi connectivity index (χ1n) is 6.56. The van der Waals surface area contributed by atoms with Gasteiger partial charge in [-0.05, 0) is 31.0 Å². The topological polar surface area (TPSA) is 27.0 Å². The van der Waals surface area contributed by atoms with Gasteiger partial charge in [0.25, 0.3) is 0 Å². The standard InChI is InChI=1S/C14H12F6N2/c15-13(16,17)10-3-5-22(6-4-10)12-2-1-9(8-21)7-11(12)14(18,19)20/h1-2,7,10H,3-6H2. The molecule has 1 heterocycles. The molecule has 1 aromatic rings. The number of nitrogens with zero attached hydrogens (tertiary/aromatic N) is 2. The largest absolute Gasteiger partial charge is 0.418 e. The van der Waals surface area contributed by atoms with Crippen LogP contribution in [0.25, 0.3) is 0 Å². The zero-order valence-corrected chi connectivity index (χ0v) is 11.3. The van der Waals surface area contributed by atoms with Crippen LogP contribution in [0.3, 0.4) is 0 Å². The molecule has 0 aromatic heterocycles. The predicted molar refractivity (Wildman–Crippen MR) is 67.2 cm³/mol. The van der Waals surface area contributed by atoms with Crippen LogP contribution in [0.15, 0.2) is 18.2 Å². The van der Waals surface area contributed by atoms with Gasteiger partial charge < -0.3 is 4.90 Å². The van der Waals surface area contributed by atoms with Crippen molar-refractivity contribution in [2.45, 2.75) is 25.2 Å². The number of alkyl halides is 6. The molecule has 0 N–H and O–H groups in total. The fraction of sp³-hybridized carbons (Fsp3) is 0.500. The van der Waals surface area contributed by atoms with Crippen molar-refractivity contribution in [2.24, 2.45) is 5.92 Å². The van der Waals surface area contributed by atoms with Gasteiger partial charge >= 0.3 is 12.4 Å². The monoisotopic (exact) mass is 322 g/mol. The maximum absolute atomic E-state index is 13.1. The Morgan fingerprint density at radius 3 is 2.09 bits per heavy atom. The highest BCUT2D eigenvalue weighted by atomic mass is 19.4. The summed E-state index contributed by atoms with van der Waals surface area (Å²) in [6.45, 7) is -0.196. The molecule has 1 saturated heterocycles. The van der Waals surface area contributed by atoms with Gasteiger partial charge in [-0.1, -0.05) is 0 Å². The zero-order valence-electron chi connectivity index (χ0n) is 11.3. The second-order valence-corrected chi connectivity index (χ2v) is 5.14. The molecule has 2 nitrogen and oxygen atoms in total. The molecule has 0 radical (unpaired) electrons. The quantitative estimate of drug-likeness (QED) is 0.719. The van der Waals surface area contributed by atoms with Crippen LogP contribution in [0.5, 0.6) is 0 Å². The summed E-state index contributed by atoms with van der Waals surface area (Å²) in [4.78, 5) is 1.30. The van der Waals surface area contributed by atoms with Crippen molar-refractivity contribution in [1.29, 1.82) is 5.26 Å². The fourth-order valence-corrected chi connectivity index (χ4v) is 2.56. The predicted octanol–water partition coefficient (Wildman–Crippen LogP) is 4.36. The van der Waals surface area contributed by atoms with Crippen LogP contribution in [0.2, 0.25) is 0 Å². The second-order valence-electron chi connectivity index (χ2n) is 5.14. The number of halogens is 6. The van der Waals surface area contributed by atoms with E-state index < -0.39 is 23.8 Å². The van der Waals surface area contributed by atoms with Gasteiger partial charge in [0.15, 0.2) is 0 Å². The van der Waals surface area contributed by atoms with Crippen molar-refractivity contribution >= 4 is 5.69 Å². The normalized spacial score (nSPS) is 17.4. The third kappa shape index (κ3) is 3.46. The van der Waals surface area contributed by atoms with Crippen LogP contribution in [-0.2, 0) is 6.18 Å². The van der Waals surface area contributed by atoms with Gasteiger partial charge in [-0.15, -0.1) is 0 Å². The van der Waals surface area contributed by atoms with E-state index in [1.54, 1.807) is 6.07 Å². The molecule has 1 aliphatic heterocycles. The van der Waals surface area contributed by atoms with E-state index in [1.807, 2.05) is 0 Å². The minimum absolute atomic E-state index is 0.0981. The van der Waals surface area contributed by atoms with E-state index in [4.69, 9.17) is 5.26 Å². The van der Waals surface area contributed by atoms with Crippen molar-refractivity contribution < 1.29 is 26.3 Å². The third-order valence-electron chi connectivity index (χ3n) is 3.73. The van der Waals surface area contributed by atoms with Crippen molar-refractivity contribution in [2.75, 3.05) is 18.0 Å². The number of benzene rings is 1. The molecule has 8 heteroatoms. The van der Waals surface area contributed by atoms with Gasteiger partial charge in [0, 0.05) is 18.8 Å². The molecule has 1 fully saturated rings. The van der Waals surface area contributed by atoms with Crippen molar-refractivity contribution in [1.82, 2.24) is 0 Å². The molecule has 1 aliphatic rings. The van der Waals surface area contributed by atoms with E-state index in [2.05, 4.69) is 0 Å². The summed E-state index contributed by atoms with van der Waals surface area (Å²) >= 11 is 0. The molecule has 22 heavy (non-hydrogen) atoms. The molecule has 0 aliphatic carbocycles. The SMILES string of the molecule is N#Cc1ccc(N2CCC(C(F)(F)F)CC2)c(C(F)(F)F)c1. The Balaban J connectivity index is 2.26. The van der Waals surface area contributed by atoms with E-state index in [0.717, 1.165) is 12.1 Å². The Morgan fingerprint density at radius 1 is 1.05 bits per heavy atom. The summed E-state index contributed by atoms with van der Waals surface area (Å²) in [7, 11) is 0. The first-order valence-corrected chi connectivity index (χ1v) is 6.56. The van der Waals surface area contributed by atoms with Crippen LogP contribution in [0, 0.1) is 17.2 Å². The lowest BCUT2D eigenvalue weighted by molar-refractivity contribution is -0.179. The Kier molecular flexibility index (Phi) is 4.27. The van der Waals surface area contributed by atoms with Crippen molar-refractivity contribution in [3.63, 3.8) is 0 Å². The molecular weight excluding hydrogens is 310 g/mol. The minimum atomic E-state index is -4.66. The zero-order chi connectivity index (χ0) is 16.5. The first kappa shape index (κ1) is 16.5. The summed E-state index contributed by atoms with van der Waals surface area (Å²) in [5.74, 6) is -1.48. The van der Waals surface area contributed by atoms with E-state index in [0.29, 0.717) is 0 Å². The fourth-order valence-electron chi connectivity index (χ4n) is 2.56. The highest BCUT2D eigenvalue weighted by molar-refractivity contribution is 5.58. The highest BCUT2D eigenvalue weighted by Crippen LogP contribution is 2.40. The molecule has 0 amide bonds. The van der Waals surface area contributed by atoms with Crippen LogP contribution in [0.4, 0.5) is 32.0 Å². The third-order valence-corrected chi connectivity index (χ3v) is 3.73. The Labute approximate surface area is 122 Å². The molecule has 0 saturated carbocycles. The molecular formula is C14H12F6N2. The van der Waals surface area contributed by atoms with E-state index in [9.17, 15) is 26.3 Å². The van der Waals surface area contributed by atoms with Crippen molar-refractivity contribution in [3.05, 3.63) is 29.3 Å². The number of rotatable bonds is 1. The average Bonchev–Trinajstić information content (AvgIpc) is 2.45. The number of hydrogen-bond donors (Lipinski definition) is 0. The molecule has 0 bridgehead atoms. The molecule has 1 aromatic carbocycles. The number of piperidine rings is 1. The van der Waals surface area contributed by atoms with Crippen LogP contribution >= 0.6 is 0 Å². The van der Waals surface area contributed by atoms with Crippen molar-refractivity contribution in [3.8, 4) is 6.07 Å². The molecule has 0 spiro atoms. The molecule has 0 unspecified atom stereocenters. The van der Waals surface area contributed by atoms with E-state index in [-0.39, 0.29) is 37.2 Å². The Bertz CT molecular complexity index is 576. The van der Waals surface area contributed by atoms with E-state index in [1.165, 1.54) is 11.0 Å². The van der Waals surface area contributed by atoms with Gasteiger partial charge in [-0.25, -0.2) is 0 Å². The second kappa shape index (κ2) is 5.71. The summed E-state index contributed by atoms with van der Waals surface area (Å²) in [6, 6.07) is 4.74. The van der Waals surface area contributed by atoms with E-state index >= 15 is 0 Å². The summed E-state index contributed by atoms with van der Waals surface area (Å²) in [6.07, 6.45) is -9.45. The smallest absolute Gasteiger partial charge is 0.371 e. The van der Waals surface area contributed by atoms with Gasteiger partial charge in [0.2, 0.25) is 0 Å². The first-order chi connectivity index (χ1) is 10.1. The lowest BCUT2D eigenvalue weighted by Crippen LogP contribution is -2.39. The highest BCUT2D eigenvalue weighted by Gasteiger charge is 2.42. The van der Waals surface area contributed by atoms with Gasteiger partial charge in [0.05, 0.1) is 23.1 Å². The summed E-state index contributed by atoms with van der Waals surface area (Å²) in [5, 5.41) is 8.70. The summed E-state index contributed by atoms with van der Waals surface area (Å²) < 4.78 is 77.0. The summed E-state index contributed by atoms with van der Waals surface area (Å²) in [5.41, 5.74) is -1.30. The number of hydrogen-bond acceptors (Lipinski definition) is 2. The Morgan fingerprint density at radius 2 is 1.64 bits per heavy atom. The van der Waals surface area contributed by atoms with Gasteiger partial charge in [0.1, 0.15) is 0 Å². The Hall–Kier alpha value is -1.91. The van der Waals surface area contributed by atoms with Gasteiger partial charge in [-0.3, -0.25) is 0 Å². The maximum atomic E-state index is 13.1. The van der Waals surface area contributed by atoms with Crippen LogP contribution in [0.1, 0.15) is 24.0 Å². The minimum Gasteiger partial charge on any atom is -0.371 e. The van der Waals surface area contributed by atoms with Crippen LogP contribution in [-0.4, -0.2) is 19.3 Å². The maximum Gasteiger partial charge on any atom is 0.418 e. The number of nitriles is 1. The molecule has 2 rings (SSSR count). The molecule has 120 valence electrons.